The Balaban J connectivity index is 1.62. The molecule has 0 spiro atoms. The van der Waals surface area contributed by atoms with E-state index in [9.17, 15) is 14.7 Å². The van der Waals surface area contributed by atoms with Crippen molar-refractivity contribution in [3.05, 3.63) is 81.5 Å². The van der Waals surface area contributed by atoms with Gasteiger partial charge in [0.05, 0.1) is 32.3 Å². The smallest absolute Gasteiger partial charge is 0.275 e. The van der Waals surface area contributed by atoms with Gasteiger partial charge in [-0.3, -0.25) is 9.59 Å². The molecule has 3 atom stereocenters. The van der Waals surface area contributed by atoms with E-state index in [1.54, 1.807) is 34.1 Å². The van der Waals surface area contributed by atoms with E-state index < -0.39 is 23.6 Å². The minimum absolute atomic E-state index is 0.105. The fraction of sp³-hybridized carbons (Fsp3) is 0.407. The molecule has 1 amide bonds. The number of aromatic nitrogens is 3. The van der Waals surface area contributed by atoms with Gasteiger partial charge in [-0.1, -0.05) is 36.4 Å². The number of H-pyrrole nitrogens is 1. The molecule has 0 saturated carbocycles. The number of hydrogen-bond acceptors (Lipinski definition) is 7. The van der Waals surface area contributed by atoms with Crippen LogP contribution >= 0.6 is 0 Å². The molecule has 3 N–H and O–H groups in total. The summed E-state index contributed by atoms with van der Waals surface area (Å²) in [7, 11) is 3.12. The zero-order valence-electron chi connectivity index (χ0n) is 21.2. The fourth-order valence-electron chi connectivity index (χ4n) is 4.08. The molecule has 0 aliphatic rings. The summed E-state index contributed by atoms with van der Waals surface area (Å²) in [5.41, 5.74) is 1.73. The molecule has 3 aromatic rings. The molecule has 1 heterocycles. The summed E-state index contributed by atoms with van der Waals surface area (Å²) in [4.78, 5) is 28.3. The Bertz CT molecular complexity index is 1200. The summed E-state index contributed by atoms with van der Waals surface area (Å²) in [5.74, 6) is 0.664. The Kier molecular flexibility index (Phi) is 9.58. The first kappa shape index (κ1) is 26.9. The summed E-state index contributed by atoms with van der Waals surface area (Å²) >= 11 is 0. The molecule has 36 heavy (non-hydrogen) atoms. The van der Waals surface area contributed by atoms with Gasteiger partial charge in [0.15, 0.2) is 11.5 Å². The first-order valence-electron chi connectivity index (χ1n) is 12.0. The highest BCUT2D eigenvalue weighted by Gasteiger charge is 2.26. The van der Waals surface area contributed by atoms with Crippen molar-refractivity contribution in [2.45, 2.75) is 51.7 Å². The Morgan fingerprint density at radius 3 is 2.39 bits per heavy atom. The van der Waals surface area contributed by atoms with E-state index in [1.165, 1.54) is 5.56 Å². The highest BCUT2D eigenvalue weighted by molar-refractivity contribution is 5.79. The van der Waals surface area contributed by atoms with Gasteiger partial charge in [0.2, 0.25) is 5.91 Å². The Morgan fingerprint density at radius 1 is 1.03 bits per heavy atom. The van der Waals surface area contributed by atoms with Gasteiger partial charge in [-0.2, -0.15) is 0 Å². The van der Waals surface area contributed by atoms with E-state index in [0.717, 1.165) is 18.4 Å². The summed E-state index contributed by atoms with van der Waals surface area (Å²) in [5, 5.41) is 21.2. The number of nitrogens with zero attached hydrogens (tertiary/aromatic N) is 2. The maximum absolute atomic E-state index is 12.9. The Morgan fingerprint density at radius 2 is 1.75 bits per heavy atom. The zero-order chi connectivity index (χ0) is 26.1. The number of aliphatic hydroxyl groups excluding tert-OH is 1. The zero-order valence-corrected chi connectivity index (χ0v) is 21.2. The van der Waals surface area contributed by atoms with Crippen LogP contribution in [0.3, 0.4) is 0 Å². The third-order valence-electron chi connectivity index (χ3n) is 6.10. The predicted octanol–water partition coefficient (Wildman–Crippen LogP) is 2.97. The number of benzene rings is 2. The first-order valence-corrected chi connectivity index (χ1v) is 12.0. The molecule has 0 bridgehead atoms. The van der Waals surface area contributed by atoms with Crippen LogP contribution in [-0.2, 0) is 17.6 Å². The van der Waals surface area contributed by atoms with Crippen molar-refractivity contribution >= 4 is 5.91 Å². The second-order valence-corrected chi connectivity index (χ2v) is 8.81. The van der Waals surface area contributed by atoms with Crippen LogP contribution in [0.1, 0.15) is 55.4 Å². The Hall–Kier alpha value is -3.72. The van der Waals surface area contributed by atoms with Crippen molar-refractivity contribution in [3.63, 3.8) is 0 Å². The third kappa shape index (κ3) is 7.14. The summed E-state index contributed by atoms with van der Waals surface area (Å²) in [6.45, 7) is 3.28. The molecular formula is C27H34N4O5. The lowest BCUT2D eigenvalue weighted by Gasteiger charge is -2.22. The molecule has 0 fully saturated rings. The highest BCUT2D eigenvalue weighted by atomic mass is 16.5. The molecule has 192 valence electrons. The molecule has 0 radical (unpaired) electrons. The van der Waals surface area contributed by atoms with Crippen LogP contribution in [-0.4, -0.2) is 46.5 Å². The number of aliphatic hydroxyl groups is 1. The number of rotatable bonds is 12. The monoisotopic (exact) mass is 494 g/mol. The average Bonchev–Trinajstić information content (AvgIpc) is 2.86. The minimum Gasteiger partial charge on any atom is -0.493 e. The number of amides is 1. The van der Waals surface area contributed by atoms with Crippen molar-refractivity contribution in [2.24, 2.45) is 5.92 Å². The van der Waals surface area contributed by atoms with Gasteiger partial charge >= 0.3 is 0 Å². The van der Waals surface area contributed by atoms with Crippen molar-refractivity contribution in [3.8, 4) is 11.5 Å². The second kappa shape index (κ2) is 12.8. The number of carbonyl (C=O) groups is 1. The van der Waals surface area contributed by atoms with Crippen LogP contribution in [0.5, 0.6) is 11.5 Å². The van der Waals surface area contributed by atoms with Crippen molar-refractivity contribution in [1.82, 2.24) is 20.5 Å². The van der Waals surface area contributed by atoms with E-state index in [4.69, 9.17) is 9.47 Å². The van der Waals surface area contributed by atoms with Crippen molar-refractivity contribution in [1.29, 1.82) is 0 Å². The number of ether oxygens (including phenoxy) is 2. The van der Waals surface area contributed by atoms with Gasteiger partial charge in [0.1, 0.15) is 11.5 Å². The van der Waals surface area contributed by atoms with Gasteiger partial charge in [0, 0.05) is 6.42 Å². The number of carbonyl (C=O) groups excluding carboxylic acids is 1. The maximum atomic E-state index is 12.9. The van der Waals surface area contributed by atoms with Gasteiger partial charge in [-0.15, -0.1) is 10.2 Å². The van der Waals surface area contributed by atoms with Crippen LogP contribution < -0.4 is 20.3 Å². The number of aryl methyl sites for hydroxylation is 1. The number of methoxy groups -OCH3 is 2. The van der Waals surface area contributed by atoms with Crippen LogP contribution in [0, 0.1) is 5.92 Å². The first-order chi connectivity index (χ1) is 17.3. The third-order valence-corrected chi connectivity index (χ3v) is 6.10. The van der Waals surface area contributed by atoms with E-state index in [1.807, 2.05) is 42.5 Å². The number of nitrogens with one attached hydrogen (secondary N) is 2. The maximum Gasteiger partial charge on any atom is 0.275 e. The van der Waals surface area contributed by atoms with Gasteiger partial charge in [0.25, 0.3) is 5.56 Å². The molecule has 0 saturated heterocycles. The summed E-state index contributed by atoms with van der Waals surface area (Å²) in [6.07, 6.45) is 1.62. The molecular weight excluding hydrogens is 460 g/mol. The highest BCUT2D eigenvalue weighted by Crippen LogP contribution is 2.28. The lowest BCUT2D eigenvalue weighted by molar-refractivity contribution is -0.129. The summed E-state index contributed by atoms with van der Waals surface area (Å²) < 4.78 is 10.6. The Labute approximate surface area is 210 Å². The molecule has 0 aliphatic heterocycles. The van der Waals surface area contributed by atoms with Gasteiger partial charge < -0.3 is 24.9 Å². The van der Waals surface area contributed by atoms with E-state index >= 15 is 0 Å². The average molecular weight is 495 g/mol. The number of aromatic amines is 1. The molecule has 0 aliphatic carbocycles. The normalized spacial score (nSPS) is 13.5. The van der Waals surface area contributed by atoms with Crippen LogP contribution in [0.15, 0.2) is 53.3 Å². The molecule has 2 aromatic carbocycles. The van der Waals surface area contributed by atoms with Crippen LogP contribution in [0.25, 0.3) is 0 Å². The number of hydrogen-bond donors (Lipinski definition) is 3. The quantitative estimate of drug-likeness (QED) is 0.353. The fourth-order valence-corrected chi connectivity index (χ4v) is 4.08. The topological polar surface area (TPSA) is 126 Å². The predicted molar refractivity (Wildman–Crippen MR) is 136 cm³/mol. The van der Waals surface area contributed by atoms with E-state index in [2.05, 4.69) is 20.5 Å². The lowest BCUT2D eigenvalue weighted by Crippen LogP contribution is -2.40. The van der Waals surface area contributed by atoms with Crippen molar-refractivity contribution < 1.29 is 19.4 Å². The molecule has 9 heteroatoms. The standard InChI is InChI=1S/C27H34N4O5/c1-17(28-26(33)21(18(2)32)12-8-11-19-9-6-5-7-10-19)25-27(34)29-24(30-31-25)16-20-13-14-22(35-3)23(15-20)36-4/h5-7,9-10,13-15,17-18,21,32H,8,11-12,16H2,1-4H3,(H,28,33)(H,29,30,34)/t17-,18+,21-/m0/s1. The summed E-state index contributed by atoms with van der Waals surface area (Å²) in [6, 6.07) is 14.8. The molecule has 3 rings (SSSR count). The van der Waals surface area contributed by atoms with E-state index in [0.29, 0.717) is 30.2 Å². The van der Waals surface area contributed by atoms with Crippen LogP contribution in [0.4, 0.5) is 0 Å². The van der Waals surface area contributed by atoms with Gasteiger partial charge in [-0.25, -0.2) is 0 Å². The lowest BCUT2D eigenvalue weighted by atomic mass is 9.94. The molecule has 9 nitrogen and oxygen atoms in total. The van der Waals surface area contributed by atoms with E-state index in [-0.39, 0.29) is 11.6 Å². The second-order valence-electron chi connectivity index (χ2n) is 8.81. The SMILES string of the molecule is COc1ccc(Cc2nnc([C@H](C)NC(=O)[C@@H](CCCc3ccccc3)[C@@H](C)O)c(=O)[nH]2)cc1OC. The molecule has 0 unspecified atom stereocenters. The van der Waals surface area contributed by atoms with Crippen LogP contribution in [0.2, 0.25) is 0 Å². The minimum atomic E-state index is -0.818. The largest absolute Gasteiger partial charge is 0.493 e. The van der Waals surface area contributed by atoms with Gasteiger partial charge in [-0.05, 0) is 56.4 Å². The van der Waals surface area contributed by atoms with Crippen molar-refractivity contribution in [2.75, 3.05) is 14.2 Å². The molecule has 1 aromatic heterocycles.